The molecular weight excluding hydrogens is 391 g/mol. The summed E-state index contributed by atoms with van der Waals surface area (Å²) in [7, 11) is 0. The van der Waals surface area contributed by atoms with Crippen LogP contribution in [0.2, 0.25) is 0 Å². The molecule has 0 spiro atoms. The Bertz CT molecular complexity index is 600. The number of non-ortho nitro benzene ring substituents is 1. The lowest BCUT2D eigenvalue weighted by Gasteiger charge is -2.21. The van der Waals surface area contributed by atoms with E-state index in [0.717, 1.165) is 12.8 Å². The van der Waals surface area contributed by atoms with Crippen molar-refractivity contribution >= 4 is 40.2 Å². The fourth-order valence-corrected chi connectivity index (χ4v) is 2.52. The molecule has 0 atom stereocenters. The molecule has 1 amide bonds. The van der Waals surface area contributed by atoms with Crippen LogP contribution in [0.15, 0.2) is 18.2 Å². The number of nitrogens with zero attached hydrogens (tertiary/aromatic N) is 2. The summed E-state index contributed by atoms with van der Waals surface area (Å²) >= 11 is 1.91. The van der Waals surface area contributed by atoms with Crippen LogP contribution in [0.1, 0.15) is 23.2 Å². The largest absolute Gasteiger partial charge is 0.480 e. The van der Waals surface area contributed by atoms with Gasteiger partial charge in [0.2, 0.25) is 0 Å². The first-order chi connectivity index (χ1) is 9.88. The molecule has 7 nitrogen and oxygen atoms in total. The van der Waals surface area contributed by atoms with E-state index in [9.17, 15) is 19.7 Å². The Labute approximate surface area is 134 Å². The normalized spacial score (nSPS) is 13.8. The number of hydrogen-bond donors (Lipinski definition) is 1. The molecule has 1 aromatic carbocycles. The van der Waals surface area contributed by atoms with Crippen LogP contribution in [0.5, 0.6) is 0 Å². The van der Waals surface area contributed by atoms with Crippen molar-refractivity contribution < 1.29 is 19.6 Å². The minimum atomic E-state index is -1.09. The number of carbonyl (C=O) groups is 2. The van der Waals surface area contributed by atoms with E-state index in [1.165, 1.54) is 23.1 Å². The van der Waals surface area contributed by atoms with E-state index in [-0.39, 0.29) is 11.3 Å². The van der Waals surface area contributed by atoms with Crippen molar-refractivity contribution in [3.8, 4) is 0 Å². The van der Waals surface area contributed by atoms with Gasteiger partial charge in [-0.1, -0.05) is 0 Å². The van der Waals surface area contributed by atoms with Crippen molar-refractivity contribution in [1.82, 2.24) is 4.90 Å². The zero-order valence-electron chi connectivity index (χ0n) is 11.0. The molecule has 0 radical (unpaired) electrons. The third kappa shape index (κ3) is 4.13. The Hall–Kier alpha value is -1.71. The lowest BCUT2D eigenvalue weighted by Crippen LogP contribution is -2.37. The second-order valence-corrected chi connectivity index (χ2v) is 6.11. The molecule has 1 saturated carbocycles. The fraction of sp³-hybridized carbons (Fsp3) is 0.385. The van der Waals surface area contributed by atoms with Gasteiger partial charge in [0, 0.05) is 22.2 Å². The van der Waals surface area contributed by atoms with Crippen molar-refractivity contribution in [2.45, 2.75) is 12.8 Å². The second kappa shape index (κ2) is 6.37. The summed E-state index contributed by atoms with van der Waals surface area (Å²) < 4.78 is 0.564. The predicted molar refractivity (Wildman–Crippen MR) is 82.1 cm³/mol. The summed E-state index contributed by atoms with van der Waals surface area (Å²) in [5.41, 5.74) is -0.00726. The van der Waals surface area contributed by atoms with Gasteiger partial charge in [-0.3, -0.25) is 19.7 Å². The Morgan fingerprint density at radius 1 is 1.43 bits per heavy atom. The van der Waals surface area contributed by atoms with Gasteiger partial charge in [0.15, 0.2) is 0 Å². The van der Waals surface area contributed by atoms with Crippen LogP contribution in [0.3, 0.4) is 0 Å². The first-order valence-corrected chi connectivity index (χ1v) is 7.41. The Balaban J connectivity index is 2.27. The average molecular weight is 404 g/mol. The summed E-state index contributed by atoms with van der Waals surface area (Å²) in [6, 6.07) is 4.01. The zero-order chi connectivity index (χ0) is 15.6. The SMILES string of the molecule is O=C(O)CN(CC1CC1)C(=O)c1cc([N+](=O)[O-])ccc1I. The van der Waals surface area contributed by atoms with Crippen molar-refractivity contribution in [3.63, 3.8) is 0 Å². The number of carboxylic acids is 1. The first-order valence-electron chi connectivity index (χ1n) is 6.33. The van der Waals surface area contributed by atoms with Crippen LogP contribution in [-0.4, -0.2) is 39.9 Å². The van der Waals surface area contributed by atoms with Crippen molar-refractivity contribution in [3.05, 3.63) is 37.4 Å². The quantitative estimate of drug-likeness (QED) is 0.445. The van der Waals surface area contributed by atoms with E-state index in [0.29, 0.717) is 16.0 Å². The second-order valence-electron chi connectivity index (χ2n) is 4.94. The molecule has 112 valence electrons. The number of benzene rings is 1. The van der Waals surface area contributed by atoms with Gasteiger partial charge >= 0.3 is 5.97 Å². The number of carbonyl (C=O) groups excluding carboxylic acids is 1. The van der Waals surface area contributed by atoms with Crippen LogP contribution in [0.4, 0.5) is 5.69 Å². The number of aliphatic carboxylic acids is 1. The molecule has 0 heterocycles. The van der Waals surface area contributed by atoms with Crippen LogP contribution >= 0.6 is 22.6 Å². The predicted octanol–water partition coefficient (Wildman–Crippen LogP) is 2.14. The van der Waals surface area contributed by atoms with Crippen LogP contribution in [0.25, 0.3) is 0 Å². The summed E-state index contributed by atoms with van der Waals surface area (Å²) in [6.45, 7) is -0.0159. The number of rotatable bonds is 6. The van der Waals surface area contributed by atoms with Gasteiger partial charge in [0.05, 0.1) is 10.5 Å². The summed E-state index contributed by atoms with van der Waals surface area (Å²) in [5, 5.41) is 19.7. The lowest BCUT2D eigenvalue weighted by atomic mass is 10.1. The maximum absolute atomic E-state index is 12.5. The number of amides is 1. The number of hydrogen-bond acceptors (Lipinski definition) is 4. The van der Waals surface area contributed by atoms with Gasteiger partial charge < -0.3 is 10.0 Å². The first kappa shape index (κ1) is 15.7. The molecule has 21 heavy (non-hydrogen) atoms. The molecule has 0 saturated heterocycles. The molecular formula is C13H13IN2O5. The van der Waals surface area contributed by atoms with Gasteiger partial charge in [-0.15, -0.1) is 0 Å². The molecule has 8 heteroatoms. The van der Waals surface area contributed by atoms with Crippen LogP contribution in [-0.2, 0) is 4.79 Å². The van der Waals surface area contributed by atoms with E-state index >= 15 is 0 Å². The molecule has 0 aromatic heterocycles. The van der Waals surface area contributed by atoms with Crippen molar-refractivity contribution in [2.75, 3.05) is 13.1 Å². The summed E-state index contributed by atoms with van der Waals surface area (Å²) in [6.07, 6.45) is 1.96. The molecule has 1 aliphatic rings. The van der Waals surface area contributed by atoms with Crippen LogP contribution < -0.4 is 0 Å². The van der Waals surface area contributed by atoms with Gasteiger partial charge in [-0.25, -0.2) is 0 Å². The van der Waals surface area contributed by atoms with Crippen LogP contribution in [0, 0.1) is 19.6 Å². The molecule has 1 aliphatic carbocycles. The summed E-state index contributed by atoms with van der Waals surface area (Å²) in [4.78, 5) is 34.9. The maximum atomic E-state index is 12.5. The number of carboxylic acid groups (broad SMARTS) is 1. The minimum Gasteiger partial charge on any atom is -0.480 e. The molecule has 0 aliphatic heterocycles. The Morgan fingerprint density at radius 2 is 2.10 bits per heavy atom. The minimum absolute atomic E-state index is 0.173. The molecule has 1 N–H and O–H groups in total. The standard InChI is InChI=1S/C13H13IN2O5/c14-11-4-3-9(16(20)21)5-10(11)13(19)15(7-12(17)18)6-8-1-2-8/h3-5,8H,1-2,6-7H2,(H,17,18). The van der Waals surface area contributed by atoms with E-state index < -0.39 is 23.3 Å². The van der Waals surface area contributed by atoms with Gasteiger partial charge in [-0.2, -0.15) is 0 Å². The topological polar surface area (TPSA) is 101 Å². The number of nitro benzene ring substituents is 1. The third-order valence-corrected chi connectivity index (χ3v) is 4.12. The van der Waals surface area contributed by atoms with Gasteiger partial charge in [-0.05, 0) is 47.4 Å². The van der Waals surface area contributed by atoms with Gasteiger partial charge in [0.25, 0.3) is 11.6 Å². The van der Waals surface area contributed by atoms with E-state index in [2.05, 4.69) is 0 Å². The van der Waals surface area contributed by atoms with E-state index in [1.54, 1.807) is 0 Å². The summed E-state index contributed by atoms with van der Waals surface area (Å²) in [5.74, 6) is -1.23. The molecule has 0 bridgehead atoms. The number of nitro groups is 1. The van der Waals surface area contributed by atoms with Gasteiger partial charge in [0.1, 0.15) is 6.54 Å². The molecule has 0 unspecified atom stereocenters. The molecule has 1 fully saturated rings. The highest BCUT2D eigenvalue weighted by molar-refractivity contribution is 14.1. The van der Waals surface area contributed by atoms with Crippen molar-refractivity contribution in [1.29, 1.82) is 0 Å². The highest BCUT2D eigenvalue weighted by Crippen LogP contribution is 2.30. The third-order valence-electron chi connectivity index (χ3n) is 3.18. The smallest absolute Gasteiger partial charge is 0.323 e. The van der Waals surface area contributed by atoms with E-state index in [4.69, 9.17) is 5.11 Å². The number of halogens is 1. The monoisotopic (exact) mass is 404 g/mol. The lowest BCUT2D eigenvalue weighted by molar-refractivity contribution is -0.384. The fourth-order valence-electron chi connectivity index (χ4n) is 1.96. The zero-order valence-corrected chi connectivity index (χ0v) is 13.1. The Kier molecular flexibility index (Phi) is 4.76. The molecule has 2 rings (SSSR count). The van der Waals surface area contributed by atoms with E-state index in [1.807, 2.05) is 22.6 Å². The molecule has 1 aromatic rings. The highest BCUT2D eigenvalue weighted by atomic mass is 127. The average Bonchev–Trinajstić information content (AvgIpc) is 3.21. The maximum Gasteiger partial charge on any atom is 0.323 e. The Morgan fingerprint density at radius 3 is 2.62 bits per heavy atom. The highest BCUT2D eigenvalue weighted by Gasteiger charge is 2.29. The van der Waals surface area contributed by atoms with Crippen molar-refractivity contribution in [2.24, 2.45) is 5.92 Å².